The maximum absolute atomic E-state index is 13.1. The first-order valence-corrected chi connectivity index (χ1v) is 11.8. The molecule has 2 amide bonds. The lowest BCUT2D eigenvalue weighted by Gasteiger charge is -2.41. The number of halogens is 1. The molecule has 0 bridgehead atoms. The summed E-state index contributed by atoms with van der Waals surface area (Å²) in [6, 6.07) is 6.63. The van der Waals surface area contributed by atoms with Crippen LogP contribution < -0.4 is 20.9 Å². The van der Waals surface area contributed by atoms with Gasteiger partial charge in [0.25, 0.3) is 0 Å². The molecule has 32 heavy (non-hydrogen) atoms. The van der Waals surface area contributed by atoms with Gasteiger partial charge in [0.05, 0.1) is 12.1 Å². The van der Waals surface area contributed by atoms with Gasteiger partial charge in [0.2, 0.25) is 11.8 Å². The number of nitrogens with one attached hydrogen (secondary N) is 3. The molecule has 0 aliphatic carbocycles. The molecule has 0 aromatic heterocycles. The molecule has 0 spiro atoms. The highest BCUT2D eigenvalue weighted by Crippen LogP contribution is 2.22. The molecular formula is C22H31FN6O2S. The van der Waals surface area contributed by atoms with Crippen LogP contribution >= 0.6 is 12.2 Å². The van der Waals surface area contributed by atoms with Gasteiger partial charge < -0.3 is 15.5 Å². The molecule has 2 unspecified atom stereocenters. The van der Waals surface area contributed by atoms with E-state index in [-0.39, 0.29) is 36.3 Å². The number of thiocarbonyl (C=S) groups is 1. The molecule has 2 atom stereocenters. The van der Waals surface area contributed by atoms with Crippen LogP contribution in [0.25, 0.3) is 0 Å². The number of nitrogens with zero attached hydrogens (tertiary/aromatic N) is 3. The molecule has 3 N–H and O–H groups in total. The molecular weight excluding hydrogens is 431 g/mol. The third-order valence-corrected chi connectivity index (χ3v) is 6.74. The first-order chi connectivity index (χ1) is 15.5. The van der Waals surface area contributed by atoms with Crippen molar-refractivity contribution in [3.63, 3.8) is 0 Å². The fourth-order valence-electron chi connectivity index (χ4n) is 4.58. The topological polar surface area (TPSA) is 79.9 Å². The Morgan fingerprint density at radius 3 is 2.69 bits per heavy atom. The van der Waals surface area contributed by atoms with Crippen LogP contribution in [0.15, 0.2) is 24.3 Å². The Morgan fingerprint density at radius 1 is 1.19 bits per heavy atom. The van der Waals surface area contributed by atoms with Gasteiger partial charge >= 0.3 is 0 Å². The maximum atomic E-state index is 13.1. The summed E-state index contributed by atoms with van der Waals surface area (Å²) in [4.78, 5) is 31.1. The summed E-state index contributed by atoms with van der Waals surface area (Å²) in [6.07, 6.45) is 2.47. The van der Waals surface area contributed by atoms with Gasteiger partial charge in [-0.3, -0.25) is 24.7 Å². The highest BCUT2D eigenvalue weighted by atomic mass is 32.1. The fraction of sp³-hybridized carbons (Fsp3) is 0.591. The minimum absolute atomic E-state index is 0.0375. The van der Waals surface area contributed by atoms with Crippen LogP contribution in [0.1, 0.15) is 19.3 Å². The number of rotatable bonds is 7. The van der Waals surface area contributed by atoms with Crippen molar-refractivity contribution >= 4 is 34.8 Å². The third kappa shape index (κ3) is 5.54. The van der Waals surface area contributed by atoms with Gasteiger partial charge in [-0.05, 0) is 68.8 Å². The van der Waals surface area contributed by atoms with Crippen molar-refractivity contribution in [2.45, 2.75) is 25.4 Å². The second-order valence-electron chi connectivity index (χ2n) is 8.56. The monoisotopic (exact) mass is 462 g/mol. The lowest BCUT2D eigenvalue weighted by atomic mass is 9.93. The average molecular weight is 463 g/mol. The minimum atomic E-state index is -0.215. The van der Waals surface area contributed by atoms with E-state index in [4.69, 9.17) is 12.2 Å². The summed E-state index contributed by atoms with van der Waals surface area (Å²) in [5, 5.41) is 9.66. The van der Waals surface area contributed by atoms with E-state index in [1.54, 1.807) is 0 Å². The van der Waals surface area contributed by atoms with Crippen molar-refractivity contribution < 1.29 is 14.0 Å². The molecule has 174 valence electrons. The summed E-state index contributed by atoms with van der Waals surface area (Å²) in [5.74, 6) is -0.643. The quantitative estimate of drug-likeness (QED) is 0.402. The standard InChI is InChI=1S/C22H31FN6O2S/c23-16-4-6-17(7-5-16)28-13-11-27(12-14-28)10-2-9-24-19(30)15-29-21(31)18-3-1-8-25-20(18)26-22(29)32/h4-7,18,20,25H,1-3,8-15H2,(H,24,30)(H,26,32). The van der Waals surface area contributed by atoms with Crippen molar-refractivity contribution in [1.29, 1.82) is 0 Å². The van der Waals surface area contributed by atoms with E-state index in [0.29, 0.717) is 11.7 Å². The molecule has 1 aromatic carbocycles. The smallest absolute Gasteiger partial charge is 0.240 e. The molecule has 3 aliphatic rings. The summed E-state index contributed by atoms with van der Waals surface area (Å²) in [6.45, 7) is 5.96. The molecule has 0 saturated carbocycles. The van der Waals surface area contributed by atoms with Gasteiger partial charge in [-0.25, -0.2) is 4.39 Å². The number of anilines is 1. The lowest BCUT2D eigenvalue weighted by molar-refractivity contribution is -0.138. The summed E-state index contributed by atoms with van der Waals surface area (Å²) in [5.41, 5.74) is 1.05. The van der Waals surface area contributed by atoms with E-state index < -0.39 is 0 Å². The molecule has 1 aromatic rings. The Bertz CT molecular complexity index is 830. The van der Waals surface area contributed by atoms with Crippen LogP contribution in [-0.2, 0) is 9.59 Å². The number of carbonyl (C=O) groups is 2. The van der Waals surface area contributed by atoms with Gasteiger partial charge in [0, 0.05) is 38.4 Å². The molecule has 3 fully saturated rings. The van der Waals surface area contributed by atoms with Crippen molar-refractivity contribution in [1.82, 2.24) is 25.8 Å². The zero-order valence-corrected chi connectivity index (χ0v) is 19.0. The van der Waals surface area contributed by atoms with E-state index in [0.717, 1.165) is 64.2 Å². The first-order valence-electron chi connectivity index (χ1n) is 11.4. The molecule has 4 rings (SSSR count). The Balaban J connectivity index is 1.13. The minimum Gasteiger partial charge on any atom is -0.369 e. The van der Waals surface area contributed by atoms with Crippen molar-refractivity contribution in [3.05, 3.63) is 30.1 Å². The third-order valence-electron chi connectivity index (χ3n) is 6.40. The fourth-order valence-corrected chi connectivity index (χ4v) is 4.86. The highest BCUT2D eigenvalue weighted by molar-refractivity contribution is 7.80. The van der Waals surface area contributed by atoms with Gasteiger partial charge in [0.1, 0.15) is 12.4 Å². The Hall–Kier alpha value is -2.30. The van der Waals surface area contributed by atoms with Gasteiger partial charge in [-0.2, -0.15) is 0 Å². The highest BCUT2D eigenvalue weighted by Gasteiger charge is 2.40. The van der Waals surface area contributed by atoms with Crippen LogP contribution in [0.2, 0.25) is 0 Å². The molecule has 8 nitrogen and oxygen atoms in total. The van der Waals surface area contributed by atoms with Crippen LogP contribution in [0.3, 0.4) is 0 Å². The first kappa shape index (κ1) is 22.9. The van der Waals surface area contributed by atoms with Crippen LogP contribution in [0.4, 0.5) is 10.1 Å². The van der Waals surface area contributed by atoms with Crippen molar-refractivity contribution in [2.75, 3.05) is 57.3 Å². The largest absolute Gasteiger partial charge is 0.369 e. The van der Waals surface area contributed by atoms with E-state index in [1.807, 2.05) is 12.1 Å². The Morgan fingerprint density at radius 2 is 1.94 bits per heavy atom. The van der Waals surface area contributed by atoms with Crippen molar-refractivity contribution in [3.8, 4) is 0 Å². The van der Waals surface area contributed by atoms with Crippen LogP contribution in [-0.4, -0.2) is 85.3 Å². The predicted octanol–water partition coefficient (Wildman–Crippen LogP) is 0.496. The Kier molecular flexibility index (Phi) is 7.54. The maximum Gasteiger partial charge on any atom is 0.240 e. The molecule has 3 heterocycles. The predicted molar refractivity (Wildman–Crippen MR) is 125 cm³/mol. The summed E-state index contributed by atoms with van der Waals surface area (Å²) < 4.78 is 13.1. The van der Waals surface area contributed by atoms with Gasteiger partial charge in [0.15, 0.2) is 5.11 Å². The van der Waals surface area contributed by atoms with E-state index in [2.05, 4.69) is 25.8 Å². The molecule has 0 radical (unpaired) electrons. The number of piperazine rings is 1. The van der Waals surface area contributed by atoms with Gasteiger partial charge in [-0.1, -0.05) is 0 Å². The van der Waals surface area contributed by atoms with Gasteiger partial charge in [-0.15, -0.1) is 0 Å². The summed E-state index contributed by atoms with van der Waals surface area (Å²) in [7, 11) is 0. The SMILES string of the molecule is O=C(CN1C(=O)C2CCCNC2NC1=S)NCCCN1CCN(c2ccc(F)cc2)CC1. The number of hydrogen-bond acceptors (Lipinski definition) is 6. The average Bonchev–Trinajstić information content (AvgIpc) is 2.80. The van der Waals surface area contributed by atoms with Crippen LogP contribution in [0, 0.1) is 11.7 Å². The van der Waals surface area contributed by atoms with E-state index in [9.17, 15) is 14.0 Å². The lowest BCUT2D eigenvalue weighted by Crippen LogP contribution is -2.66. The number of carbonyl (C=O) groups excluding carboxylic acids is 2. The number of amides is 2. The van der Waals surface area contributed by atoms with Crippen LogP contribution in [0.5, 0.6) is 0 Å². The van der Waals surface area contributed by atoms with Crippen molar-refractivity contribution in [2.24, 2.45) is 5.92 Å². The zero-order valence-electron chi connectivity index (χ0n) is 18.2. The summed E-state index contributed by atoms with van der Waals surface area (Å²) >= 11 is 5.31. The molecule has 3 aliphatic heterocycles. The molecule has 10 heteroatoms. The number of piperidine rings is 1. The Labute approximate surface area is 193 Å². The second-order valence-corrected chi connectivity index (χ2v) is 8.95. The second kappa shape index (κ2) is 10.5. The normalized spacial score (nSPS) is 24.2. The zero-order chi connectivity index (χ0) is 22.5. The van der Waals surface area contributed by atoms with E-state index >= 15 is 0 Å². The van der Waals surface area contributed by atoms with E-state index in [1.165, 1.54) is 17.0 Å². The number of hydrogen-bond donors (Lipinski definition) is 3. The molecule has 3 saturated heterocycles. The number of benzene rings is 1. The number of fused-ring (bicyclic) bond motifs is 1.